The molecule has 7 heteroatoms. The van der Waals surface area contributed by atoms with Crippen LogP contribution < -0.4 is 10.6 Å². The van der Waals surface area contributed by atoms with Gasteiger partial charge < -0.3 is 10.6 Å². The number of carbonyl (C=O) groups is 1. The Balaban J connectivity index is 1.57. The van der Waals surface area contributed by atoms with Crippen LogP contribution in [0.5, 0.6) is 0 Å². The van der Waals surface area contributed by atoms with Crippen molar-refractivity contribution >= 4 is 22.4 Å². The number of rotatable bonds is 3. The molecule has 4 nitrogen and oxygen atoms in total. The highest BCUT2D eigenvalue weighted by Crippen LogP contribution is 2.34. The van der Waals surface area contributed by atoms with Crippen molar-refractivity contribution in [2.75, 3.05) is 18.4 Å². The van der Waals surface area contributed by atoms with Gasteiger partial charge in [0.1, 0.15) is 0 Å². The molecule has 4 rings (SSSR count). The van der Waals surface area contributed by atoms with E-state index in [-0.39, 0.29) is 17.7 Å². The molecule has 1 aromatic heterocycles. The lowest BCUT2D eigenvalue weighted by Crippen LogP contribution is -2.28. The lowest BCUT2D eigenvalue weighted by atomic mass is 9.87. The van der Waals surface area contributed by atoms with E-state index in [9.17, 15) is 18.0 Å². The fourth-order valence-corrected chi connectivity index (χ4v) is 3.91. The average Bonchev–Trinajstić information content (AvgIpc) is 3.18. The van der Waals surface area contributed by atoms with Crippen LogP contribution in [0.2, 0.25) is 0 Å². The van der Waals surface area contributed by atoms with Crippen LogP contribution in [-0.2, 0) is 11.0 Å². The van der Waals surface area contributed by atoms with Gasteiger partial charge in [-0.3, -0.25) is 9.78 Å². The van der Waals surface area contributed by atoms with Crippen molar-refractivity contribution in [1.82, 2.24) is 10.3 Å². The topological polar surface area (TPSA) is 54.0 Å². The molecule has 1 aliphatic heterocycles. The van der Waals surface area contributed by atoms with E-state index < -0.39 is 11.7 Å². The summed E-state index contributed by atoms with van der Waals surface area (Å²) in [6.07, 6.45) is -2.67. The van der Waals surface area contributed by atoms with Gasteiger partial charge in [-0.1, -0.05) is 24.3 Å². The second kappa shape index (κ2) is 7.48. The van der Waals surface area contributed by atoms with E-state index in [1.54, 1.807) is 6.20 Å². The number of nitrogens with zero attached hydrogens (tertiary/aromatic N) is 1. The van der Waals surface area contributed by atoms with E-state index in [2.05, 4.69) is 15.6 Å². The molecule has 29 heavy (non-hydrogen) atoms. The largest absolute Gasteiger partial charge is 0.416 e. The molecule has 1 saturated heterocycles. The molecule has 1 amide bonds. The molecule has 0 bridgehead atoms. The Morgan fingerprint density at radius 2 is 1.83 bits per heavy atom. The summed E-state index contributed by atoms with van der Waals surface area (Å²) in [5.74, 6) is -0.706. The Labute approximate surface area is 166 Å². The van der Waals surface area contributed by atoms with E-state index in [0.717, 1.165) is 34.2 Å². The number of amides is 1. The normalized spacial score (nSPS) is 19.4. The van der Waals surface area contributed by atoms with E-state index in [1.807, 2.05) is 31.2 Å². The van der Waals surface area contributed by atoms with Crippen LogP contribution in [0.1, 0.15) is 22.7 Å². The van der Waals surface area contributed by atoms with Crippen LogP contribution in [0.15, 0.2) is 54.7 Å². The minimum absolute atomic E-state index is 0.151. The minimum atomic E-state index is -4.37. The lowest BCUT2D eigenvalue weighted by Gasteiger charge is -2.20. The summed E-state index contributed by atoms with van der Waals surface area (Å²) in [5, 5.41) is 8.06. The fourth-order valence-electron chi connectivity index (χ4n) is 3.91. The van der Waals surface area contributed by atoms with Crippen LogP contribution in [0, 0.1) is 12.8 Å². The number of benzene rings is 2. The third-order valence-corrected chi connectivity index (χ3v) is 5.48. The van der Waals surface area contributed by atoms with Gasteiger partial charge in [-0.05, 0) is 36.8 Å². The molecule has 0 saturated carbocycles. The van der Waals surface area contributed by atoms with E-state index in [4.69, 9.17) is 0 Å². The lowest BCUT2D eigenvalue weighted by molar-refractivity contribution is -0.137. The first-order valence-electron chi connectivity index (χ1n) is 9.37. The maximum atomic E-state index is 13.0. The Morgan fingerprint density at radius 1 is 1.07 bits per heavy atom. The zero-order valence-corrected chi connectivity index (χ0v) is 15.8. The Bertz CT molecular complexity index is 1050. The van der Waals surface area contributed by atoms with Gasteiger partial charge in [0.25, 0.3) is 0 Å². The highest BCUT2D eigenvalue weighted by molar-refractivity contribution is 6.03. The number of hydrogen-bond acceptors (Lipinski definition) is 3. The van der Waals surface area contributed by atoms with Gasteiger partial charge in [0.05, 0.1) is 11.5 Å². The molecule has 150 valence electrons. The predicted octanol–water partition coefficient (Wildman–Crippen LogP) is 4.50. The quantitative estimate of drug-likeness (QED) is 0.682. The van der Waals surface area contributed by atoms with Gasteiger partial charge in [0.2, 0.25) is 5.91 Å². The first-order valence-corrected chi connectivity index (χ1v) is 9.37. The first kappa shape index (κ1) is 19.4. The molecule has 1 fully saturated rings. The van der Waals surface area contributed by atoms with Gasteiger partial charge in [-0.2, -0.15) is 13.2 Å². The smallest absolute Gasteiger partial charge is 0.325 e. The van der Waals surface area contributed by atoms with Crippen LogP contribution in [-0.4, -0.2) is 24.0 Å². The minimum Gasteiger partial charge on any atom is -0.325 e. The molecule has 2 aromatic carbocycles. The number of nitrogens with one attached hydrogen (secondary N) is 2. The number of anilines is 1. The molecule has 2 N–H and O–H groups in total. The van der Waals surface area contributed by atoms with Crippen LogP contribution in [0.3, 0.4) is 0 Å². The highest BCUT2D eigenvalue weighted by Gasteiger charge is 2.35. The summed E-state index contributed by atoms with van der Waals surface area (Å²) in [5.41, 5.74) is 1.62. The number of carbonyl (C=O) groups excluding carboxylic acids is 1. The van der Waals surface area contributed by atoms with Crippen molar-refractivity contribution in [3.63, 3.8) is 0 Å². The average molecular weight is 399 g/mol. The summed E-state index contributed by atoms with van der Waals surface area (Å²) >= 11 is 0. The standard InChI is InChI=1S/C22H20F3N3O/c1-13-16-3-2-4-20(17(16)9-10-27-13)28-21(29)19-12-26-11-18(19)14-5-7-15(8-6-14)22(23,24)25/h2-10,18-19,26H,11-12H2,1H3,(H,28,29). The third kappa shape index (κ3) is 3.82. The predicted molar refractivity (Wildman–Crippen MR) is 106 cm³/mol. The number of hydrogen-bond donors (Lipinski definition) is 2. The fraction of sp³-hybridized carbons (Fsp3) is 0.273. The highest BCUT2D eigenvalue weighted by atomic mass is 19.4. The molecule has 1 aliphatic rings. The molecule has 0 radical (unpaired) electrons. The van der Waals surface area contributed by atoms with Crippen molar-refractivity contribution in [3.8, 4) is 0 Å². The number of fused-ring (bicyclic) bond motifs is 1. The number of alkyl halides is 3. The SMILES string of the molecule is Cc1nccc2c(NC(=O)C3CNCC3c3ccc(C(F)(F)F)cc3)cccc12. The maximum absolute atomic E-state index is 13.0. The van der Waals surface area contributed by atoms with E-state index >= 15 is 0 Å². The van der Waals surface area contributed by atoms with Crippen molar-refractivity contribution in [2.24, 2.45) is 5.92 Å². The summed E-state index contributed by atoms with van der Waals surface area (Å²) < 4.78 is 38.5. The molecule has 2 unspecified atom stereocenters. The zero-order valence-electron chi connectivity index (χ0n) is 15.8. The number of aryl methyl sites for hydroxylation is 1. The zero-order chi connectivity index (χ0) is 20.6. The Morgan fingerprint density at radius 3 is 2.55 bits per heavy atom. The van der Waals surface area contributed by atoms with Gasteiger partial charge in [0.15, 0.2) is 0 Å². The summed E-state index contributed by atoms with van der Waals surface area (Å²) in [6.45, 7) is 2.93. The molecule has 2 heterocycles. The number of aromatic nitrogens is 1. The van der Waals surface area contributed by atoms with Crippen LogP contribution >= 0.6 is 0 Å². The molecule has 0 aliphatic carbocycles. The van der Waals surface area contributed by atoms with Gasteiger partial charge in [0, 0.05) is 47.4 Å². The summed E-state index contributed by atoms with van der Waals surface area (Å²) in [6, 6.07) is 12.6. The van der Waals surface area contributed by atoms with Crippen molar-refractivity contribution in [1.29, 1.82) is 0 Å². The van der Waals surface area contributed by atoms with Gasteiger partial charge >= 0.3 is 6.18 Å². The Kier molecular flexibility index (Phi) is 5.00. The number of pyridine rings is 1. The Hall–Kier alpha value is -2.93. The van der Waals surface area contributed by atoms with Crippen LogP contribution in [0.4, 0.5) is 18.9 Å². The van der Waals surface area contributed by atoms with Crippen molar-refractivity contribution < 1.29 is 18.0 Å². The molecule has 3 aromatic rings. The van der Waals surface area contributed by atoms with Gasteiger partial charge in [-0.15, -0.1) is 0 Å². The number of halogens is 3. The molecular formula is C22H20F3N3O. The first-order chi connectivity index (χ1) is 13.8. The van der Waals surface area contributed by atoms with E-state index in [0.29, 0.717) is 18.8 Å². The molecule has 2 atom stereocenters. The monoisotopic (exact) mass is 399 g/mol. The van der Waals surface area contributed by atoms with E-state index in [1.165, 1.54) is 12.1 Å². The molecular weight excluding hydrogens is 379 g/mol. The summed E-state index contributed by atoms with van der Waals surface area (Å²) in [4.78, 5) is 17.3. The maximum Gasteiger partial charge on any atom is 0.416 e. The van der Waals surface area contributed by atoms with Crippen LogP contribution in [0.25, 0.3) is 10.8 Å². The second-order valence-electron chi connectivity index (χ2n) is 7.28. The van der Waals surface area contributed by atoms with Crippen molar-refractivity contribution in [3.05, 3.63) is 71.5 Å². The van der Waals surface area contributed by atoms with Crippen molar-refractivity contribution in [2.45, 2.75) is 19.0 Å². The molecule has 0 spiro atoms. The third-order valence-electron chi connectivity index (χ3n) is 5.48. The van der Waals surface area contributed by atoms with Gasteiger partial charge in [-0.25, -0.2) is 0 Å². The second-order valence-corrected chi connectivity index (χ2v) is 7.28. The summed E-state index contributed by atoms with van der Waals surface area (Å²) in [7, 11) is 0.